The normalized spacial score (nSPS) is 12.8. The van der Waals surface area contributed by atoms with Gasteiger partial charge in [-0.2, -0.15) is 0 Å². The first kappa shape index (κ1) is 13.0. The molecule has 5 heteroatoms. The number of carboxylic acid groups (broad SMARTS) is 1. The molecule has 88 valence electrons. The van der Waals surface area contributed by atoms with Crippen molar-refractivity contribution in [2.45, 2.75) is 31.0 Å². The Morgan fingerprint density at radius 2 is 2.12 bits per heavy atom. The van der Waals surface area contributed by atoms with Crippen LogP contribution < -0.4 is 0 Å². The summed E-state index contributed by atoms with van der Waals surface area (Å²) in [6, 6.07) is 1.00. The SMILES string of the molecule is CC(C)C(C)Sc1ncc(F)cc1C(=O)O. The van der Waals surface area contributed by atoms with Gasteiger partial charge in [-0.3, -0.25) is 0 Å². The highest BCUT2D eigenvalue weighted by atomic mass is 32.2. The molecule has 0 amide bonds. The van der Waals surface area contributed by atoms with Gasteiger partial charge in [0.05, 0.1) is 11.8 Å². The van der Waals surface area contributed by atoms with Crippen LogP contribution >= 0.6 is 11.8 Å². The largest absolute Gasteiger partial charge is 0.478 e. The van der Waals surface area contributed by atoms with Gasteiger partial charge in [0.1, 0.15) is 10.8 Å². The van der Waals surface area contributed by atoms with Crippen LogP contribution in [0, 0.1) is 11.7 Å². The van der Waals surface area contributed by atoms with Crippen LogP contribution in [0.15, 0.2) is 17.3 Å². The monoisotopic (exact) mass is 243 g/mol. The highest BCUT2D eigenvalue weighted by Crippen LogP contribution is 2.29. The van der Waals surface area contributed by atoms with E-state index in [1.54, 1.807) is 0 Å². The van der Waals surface area contributed by atoms with E-state index >= 15 is 0 Å². The van der Waals surface area contributed by atoms with E-state index < -0.39 is 11.8 Å². The van der Waals surface area contributed by atoms with Gasteiger partial charge in [-0.05, 0) is 12.0 Å². The molecule has 0 radical (unpaired) electrons. The molecule has 0 bridgehead atoms. The van der Waals surface area contributed by atoms with Crippen molar-refractivity contribution in [2.24, 2.45) is 5.92 Å². The molecule has 1 N–H and O–H groups in total. The van der Waals surface area contributed by atoms with Gasteiger partial charge in [0.15, 0.2) is 0 Å². The predicted octanol–water partition coefficient (Wildman–Crippen LogP) is 3.06. The summed E-state index contributed by atoms with van der Waals surface area (Å²) in [6.45, 7) is 6.08. The third-order valence-electron chi connectivity index (χ3n) is 2.28. The molecule has 1 atom stereocenters. The molecule has 0 aliphatic rings. The third kappa shape index (κ3) is 3.20. The Morgan fingerprint density at radius 1 is 1.50 bits per heavy atom. The lowest BCUT2D eigenvalue weighted by Crippen LogP contribution is -2.09. The molecule has 0 aliphatic carbocycles. The lowest BCUT2D eigenvalue weighted by Gasteiger charge is -2.15. The molecule has 1 heterocycles. The smallest absolute Gasteiger partial charge is 0.338 e. The van der Waals surface area contributed by atoms with Crippen molar-refractivity contribution in [1.29, 1.82) is 0 Å². The summed E-state index contributed by atoms with van der Waals surface area (Å²) in [6.07, 6.45) is 1.04. The van der Waals surface area contributed by atoms with Crippen LogP contribution in [0.4, 0.5) is 4.39 Å². The first-order valence-electron chi connectivity index (χ1n) is 4.97. The molecular formula is C11H14FNO2S. The van der Waals surface area contributed by atoms with E-state index in [0.717, 1.165) is 12.3 Å². The van der Waals surface area contributed by atoms with Gasteiger partial charge in [0.25, 0.3) is 0 Å². The maximum Gasteiger partial charge on any atom is 0.338 e. The van der Waals surface area contributed by atoms with Crippen LogP contribution in [0.25, 0.3) is 0 Å². The molecule has 1 aromatic rings. The first-order valence-corrected chi connectivity index (χ1v) is 5.85. The number of halogens is 1. The van der Waals surface area contributed by atoms with Crippen molar-refractivity contribution in [2.75, 3.05) is 0 Å². The summed E-state index contributed by atoms with van der Waals surface area (Å²) in [4.78, 5) is 14.7. The molecular weight excluding hydrogens is 229 g/mol. The minimum Gasteiger partial charge on any atom is -0.478 e. The molecule has 1 aromatic heterocycles. The number of nitrogens with zero attached hydrogens (tertiary/aromatic N) is 1. The molecule has 0 aromatic carbocycles. The lowest BCUT2D eigenvalue weighted by molar-refractivity contribution is 0.0691. The highest BCUT2D eigenvalue weighted by molar-refractivity contribution is 7.99. The number of hydrogen-bond donors (Lipinski definition) is 1. The second kappa shape index (κ2) is 5.30. The van der Waals surface area contributed by atoms with Crippen LogP contribution in [0.1, 0.15) is 31.1 Å². The van der Waals surface area contributed by atoms with E-state index in [1.165, 1.54) is 11.8 Å². The Bertz CT molecular complexity index is 396. The van der Waals surface area contributed by atoms with E-state index in [9.17, 15) is 9.18 Å². The van der Waals surface area contributed by atoms with Gasteiger partial charge >= 0.3 is 5.97 Å². The van der Waals surface area contributed by atoms with Gasteiger partial charge in [-0.15, -0.1) is 11.8 Å². The first-order chi connectivity index (χ1) is 7.41. The van der Waals surface area contributed by atoms with Crippen molar-refractivity contribution in [1.82, 2.24) is 4.98 Å². The minimum absolute atomic E-state index is 0.0718. The summed E-state index contributed by atoms with van der Waals surface area (Å²) in [5, 5.41) is 9.52. The van der Waals surface area contributed by atoms with Crippen LogP contribution in [0.3, 0.4) is 0 Å². The highest BCUT2D eigenvalue weighted by Gasteiger charge is 2.17. The number of aromatic nitrogens is 1. The third-order valence-corrected chi connectivity index (χ3v) is 3.75. The molecule has 0 saturated heterocycles. The maximum absolute atomic E-state index is 12.9. The fraction of sp³-hybridized carbons (Fsp3) is 0.455. The zero-order chi connectivity index (χ0) is 12.3. The minimum atomic E-state index is -1.15. The molecule has 16 heavy (non-hydrogen) atoms. The van der Waals surface area contributed by atoms with E-state index in [4.69, 9.17) is 5.11 Å². The number of pyridine rings is 1. The summed E-state index contributed by atoms with van der Waals surface area (Å²) < 4.78 is 12.9. The van der Waals surface area contributed by atoms with Gasteiger partial charge in [0.2, 0.25) is 0 Å². The summed E-state index contributed by atoms with van der Waals surface area (Å²) >= 11 is 1.36. The fourth-order valence-corrected chi connectivity index (χ4v) is 2.00. The predicted molar refractivity (Wildman–Crippen MR) is 61.3 cm³/mol. The quantitative estimate of drug-likeness (QED) is 0.826. The Labute approximate surface area is 98.1 Å². The number of carbonyl (C=O) groups is 1. The van der Waals surface area contributed by atoms with Crippen molar-refractivity contribution >= 4 is 17.7 Å². The number of aromatic carboxylic acids is 1. The van der Waals surface area contributed by atoms with E-state index in [0.29, 0.717) is 10.9 Å². The zero-order valence-electron chi connectivity index (χ0n) is 9.40. The van der Waals surface area contributed by atoms with E-state index in [1.807, 2.05) is 20.8 Å². The number of hydrogen-bond acceptors (Lipinski definition) is 3. The standard InChI is InChI=1S/C11H14FNO2S/c1-6(2)7(3)16-10-9(11(14)15)4-8(12)5-13-10/h4-7H,1-3H3,(H,14,15). The van der Waals surface area contributed by atoms with Crippen LogP contribution in [-0.2, 0) is 0 Å². The Morgan fingerprint density at radius 3 is 2.62 bits per heavy atom. The van der Waals surface area contributed by atoms with Crippen LogP contribution in [-0.4, -0.2) is 21.3 Å². The van der Waals surface area contributed by atoms with Gasteiger partial charge in [0, 0.05) is 5.25 Å². The average Bonchev–Trinajstić information content (AvgIpc) is 2.20. The molecule has 0 saturated carbocycles. The Hall–Kier alpha value is -1.10. The summed E-state index contributed by atoms with van der Waals surface area (Å²) in [5.41, 5.74) is -0.0718. The molecule has 0 spiro atoms. The van der Waals surface area contributed by atoms with Crippen molar-refractivity contribution in [3.8, 4) is 0 Å². The Balaban J connectivity index is 2.99. The van der Waals surface area contributed by atoms with Gasteiger partial charge in [-0.25, -0.2) is 14.2 Å². The number of carboxylic acids is 1. The second-order valence-electron chi connectivity index (χ2n) is 3.88. The van der Waals surface area contributed by atoms with Gasteiger partial charge < -0.3 is 5.11 Å². The van der Waals surface area contributed by atoms with Crippen LogP contribution in [0.2, 0.25) is 0 Å². The molecule has 0 fully saturated rings. The summed E-state index contributed by atoms with van der Waals surface area (Å²) in [5.74, 6) is -1.37. The topological polar surface area (TPSA) is 50.2 Å². The zero-order valence-corrected chi connectivity index (χ0v) is 10.2. The molecule has 1 unspecified atom stereocenters. The number of thioether (sulfide) groups is 1. The lowest BCUT2D eigenvalue weighted by atomic mass is 10.2. The molecule has 0 aliphatic heterocycles. The van der Waals surface area contributed by atoms with Crippen molar-refractivity contribution < 1.29 is 14.3 Å². The maximum atomic E-state index is 12.9. The Kier molecular flexibility index (Phi) is 4.29. The number of rotatable bonds is 4. The van der Waals surface area contributed by atoms with Crippen molar-refractivity contribution in [3.63, 3.8) is 0 Å². The molecule has 3 nitrogen and oxygen atoms in total. The van der Waals surface area contributed by atoms with Crippen molar-refractivity contribution in [3.05, 3.63) is 23.6 Å². The molecule has 1 rings (SSSR count). The average molecular weight is 243 g/mol. The summed E-state index contributed by atoms with van der Waals surface area (Å²) in [7, 11) is 0. The van der Waals surface area contributed by atoms with E-state index in [-0.39, 0.29) is 10.8 Å². The van der Waals surface area contributed by atoms with Gasteiger partial charge in [-0.1, -0.05) is 20.8 Å². The fourth-order valence-electron chi connectivity index (χ4n) is 0.986. The second-order valence-corrected chi connectivity index (χ2v) is 5.24. The van der Waals surface area contributed by atoms with E-state index in [2.05, 4.69) is 4.98 Å². The van der Waals surface area contributed by atoms with Crippen LogP contribution in [0.5, 0.6) is 0 Å².